The highest BCUT2D eigenvalue weighted by molar-refractivity contribution is 8.14. The number of amides is 2. The minimum Gasteiger partial charge on any atom is -0.348 e. The first kappa shape index (κ1) is 12.5. The summed E-state index contributed by atoms with van der Waals surface area (Å²) in [5.41, 5.74) is 2.36. The number of benzene rings is 1. The Kier molecular flexibility index (Phi) is 3.01. The number of carbonyl (C=O) groups is 2. The fraction of sp³-hybridized carbons (Fsp3) is 0.429. The first-order valence-corrected chi connectivity index (χ1v) is 7.36. The molecule has 1 atom stereocenters. The first-order valence-electron chi connectivity index (χ1n) is 6.38. The lowest BCUT2D eigenvalue weighted by molar-refractivity contribution is -0.123. The minimum absolute atomic E-state index is 0.0753. The van der Waals surface area contributed by atoms with Crippen molar-refractivity contribution in [2.24, 2.45) is 0 Å². The summed E-state index contributed by atoms with van der Waals surface area (Å²) in [6.45, 7) is 2.06. The van der Waals surface area contributed by atoms with E-state index < -0.39 is 6.04 Å². The van der Waals surface area contributed by atoms with Crippen molar-refractivity contribution >= 4 is 22.9 Å². The molecule has 1 fully saturated rings. The summed E-state index contributed by atoms with van der Waals surface area (Å²) in [4.78, 5) is 23.3. The van der Waals surface area contributed by atoms with Crippen molar-refractivity contribution in [2.75, 3.05) is 5.75 Å². The molecule has 1 aliphatic heterocycles. The van der Waals surface area contributed by atoms with Gasteiger partial charge in [0.05, 0.1) is 0 Å². The second-order valence-corrected chi connectivity index (χ2v) is 6.46. The molecule has 2 aliphatic rings. The molecule has 1 aromatic rings. The topological polar surface area (TPSA) is 58.2 Å². The van der Waals surface area contributed by atoms with Gasteiger partial charge < -0.3 is 10.6 Å². The van der Waals surface area contributed by atoms with Crippen LogP contribution in [0.2, 0.25) is 0 Å². The Balaban J connectivity index is 1.68. The molecule has 1 aliphatic carbocycles. The monoisotopic (exact) mass is 276 g/mol. The van der Waals surface area contributed by atoms with Crippen LogP contribution in [0, 0.1) is 0 Å². The van der Waals surface area contributed by atoms with Crippen molar-refractivity contribution in [1.82, 2.24) is 10.6 Å². The number of nitrogens with one attached hydrogen (secondary N) is 2. The third-order valence-electron chi connectivity index (χ3n) is 3.69. The maximum Gasteiger partial charge on any atom is 0.279 e. The summed E-state index contributed by atoms with van der Waals surface area (Å²) < 4.78 is 0. The number of thioether (sulfide) groups is 1. The van der Waals surface area contributed by atoms with E-state index in [1.165, 1.54) is 22.9 Å². The van der Waals surface area contributed by atoms with Crippen molar-refractivity contribution < 1.29 is 9.59 Å². The number of fused-ring (bicyclic) bond motifs is 1. The number of hydrogen-bond donors (Lipinski definition) is 2. The van der Waals surface area contributed by atoms with E-state index in [1.54, 1.807) is 0 Å². The molecule has 1 saturated heterocycles. The Labute approximate surface area is 116 Å². The summed E-state index contributed by atoms with van der Waals surface area (Å²) >= 11 is 1.17. The maximum absolute atomic E-state index is 12.2. The highest BCUT2D eigenvalue weighted by atomic mass is 32.2. The van der Waals surface area contributed by atoms with Gasteiger partial charge in [-0.3, -0.25) is 9.59 Å². The van der Waals surface area contributed by atoms with Gasteiger partial charge in [-0.1, -0.05) is 36.0 Å². The molecule has 0 bridgehead atoms. The van der Waals surface area contributed by atoms with Gasteiger partial charge in [-0.25, -0.2) is 0 Å². The van der Waals surface area contributed by atoms with Crippen LogP contribution in [0.15, 0.2) is 24.3 Å². The third kappa shape index (κ3) is 2.47. The molecule has 0 spiro atoms. The lowest BCUT2D eigenvalue weighted by Crippen LogP contribution is -2.53. The minimum atomic E-state index is -0.391. The second kappa shape index (κ2) is 4.56. The van der Waals surface area contributed by atoms with E-state index in [9.17, 15) is 9.59 Å². The maximum atomic E-state index is 12.2. The SMILES string of the molecule is CC1(NC(=O)[C@H]2CSC(=O)N2)Cc2ccccc2C1. The fourth-order valence-corrected chi connectivity index (χ4v) is 3.58. The summed E-state index contributed by atoms with van der Waals surface area (Å²) in [7, 11) is 0. The largest absolute Gasteiger partial charge is 0.348 e. The second-order valence-electron chi connectivity index (χ2n) is 5.47. The molecular weight excluding hydrogens is 260 g/mol. The summed E-state index contributed by atoms with van der Waals surface area (Å²) in [6, 6.07) is 7.89. The molecule has 0 aromatic heterocycles. The van der Waals surface area contributed by atoms with Crippen LogP contribution in [0.4, 0.5) is 4.79 Å². The van der Waals surface area contributed by atoms with Gasteiger partial charge in [0.1, 0.15) is 6.04 Å². The van der Waals surface area contributed by atoms with Gasteiger partial charge in [0.2, 0.25) is 5.91 Å². The van der Waals surface area contributed by atoms with E-state index in [1.807, 2.05) is 12.1 Å². The zero-order valence-corrected chi connectivity index (χ0v) is 11.5. The Hall–Kier alpha value is -1.49. The Morgan fingerprint density at radius 3 is 2.53 bits per heavy atom. The summed E-state index contributed by atoms with van der Waals surface area (Å²) in [5, 5.41) is 5.66. The molecule has 0 saturated carbocycles. The molecule has 4 nitrogen and oxygen atoms in total. The van der Waals surface area contributed by atoms with Crippen LogP contribution in [0.5, 0.6) is 0 Å². The average Bonchev–Trinajstić information content (AvgIpc) is 2.91. The standard InChI is InChI=1S/C14H16N2O2S/c1-14(6-9-4-2-3-5-10(9)7-14)16-12(17)11-8-19-13(18)15-11/h2-5,11H,6-8H2,1H3,(H,15,18)(H,16,17)/t11-/m1/s1. The quantitative estimate of drug-likeness (QED) is 0.860. The van der Waals surface area contributed by atoms with Gasteiger partial charge in [-0.05, 0) is 30.9 Å². The molecular formula is C14H16N2O2S. The van der Waals surface area contributed by atoms with Gasteiger partial charge in [0.25, 0.3) is 5.24 Å². The van der Waals surface area contributed by atoms with E-state index >= 15 is 0 Å². The average molecular weight is 276 g/mol. The normalized spacial score (nSPS) is 23.8. The van der Waals surface area contributed by atoms with Crippen LogP contribution in [-0.2, 0) is 17.6 Å². The number of carbonyl (C=O) groups excluding carboxylic acids is 2. The molecule has 3 rings (SSSR count). The molecule has 0 radical (unpaired) electrons. The van der Waals surface area contributed by atoms with Gasteiger partial charge in [-0.2, -0.15) is 0 Å². The fourth-order valence-electron chi connectivity index (χ4n) is 2.80. The molecule has 1 heterocycles. The Morgan fingerprint density at radius 1 is 1.37 bits per heavy atom. The number of rotatable bonds is 2. The van der Waals surface area contributed by atoms with Crippen molar-refractivity contribution in [3.63, 3.8) is 0 Å². The van der Waals surface area contributed by atoms with Crippen LogP contribution < -0.4 is 10.6 Å². The van der Waals surface area contributed by atoms with E-state index in [0.29, 0.717) is 5.75 Å². The van der Waals surface area contributed by atoms with Gasteiger partial charge in [0, 0.05) is 11.3 Å². The van der Waals surface area contributed by atoms with Crippen molar-refractivity contribution in [2.45, 2.75) is 31.3 Å². The lowest BCUT2D eigenvalue weighted by Gasteiger charge is -2.27. The van der Waals surface area contributed by atoms with Crippen molar-refractivity contribution in [3.05, 3.63) is 35.4 Å². The van der Waals surface area contributed by atoms with E-state index in [4.69, 9.17) is 0 Å². The Bertz CT molecular complexity index is 519. The smallest absolute Gasteiger partial charge is 0.279 e. The van der Waals surface area contributed by atoms with Gasteiger partial charge in [0.15, 0.2) is 0 Å². The van der Waals surface area contributed by atoms with Crippen LogP contribution in [-0.4, -0.2) is 28.5 Å². The van der Waals surface area contributed by atoms with Crippen molar-refractivity contribution in [3.8, 4) is 0 Å². The molecule has 1 aromatic carbocycles. The molecule has 2 amide bonds. The summed E-state index contributed by atoms with van der Waals surface area (Å²) in [6.07, 6.45) is 1.70. The molecule has 2 N–H and O–H groups in total. The first-order chi connectivity index (χ1) is 9.06. The van der Waals surface area contributed by atoms with Crippen LogP contribution in [0.3, 0.4) is 0 Å². The molecule has 100 valence electrons. The van der Waals surface area contributed by atoms with Crippen LogP contribution in [0.1, 0.15) is 18.1 Å². The lowest BCUT2D eigenvalue weighted by atomic mass is 9.98. The van der Waals surface area contributed by atoms with Gasteiger partial charge in [-0.15, -0.1) is 0 Å². The number of hydrogen-bond acceptors (Lipinski definition) is 3. The highest BCUT2D eigenvalue weighted by Crippen LogP contribution is 2.29. The summed E-state index contributed by atoms with van der Waals surface area (Å²) in [5.74, 6) is 0.446. The van der Waals surface area contributed by atoms with E-state index in [-0.39, 0.29) is 16.7 Å². The highest BCUT2D eigenvalue weighted by Gasteiger charge is 2.37. The van der Waals surface area contributed by atoms with Crippen LogP contribution >= 0.6 is 11.8 Å². The Morgan fingerprint density at radius 2 is 2.00 bits per heavy atom. The predicted molar refractivity (Wildman–Crippen MR) is 75.2 cm³/mol. The van der Waals surface area contributed by atoms with E-state index in [2.05, 4.69) is 29.7 Å². The van der Waals surface area contributed by atoms with Crippen molar-refractivity contribution in [1.29, 1.82) is 0 Å². The van der Waals surface area contributed by atoms with E-state index in [0.717, 1.165) is 12.8 Å². The molecule has 5 heteroatoms. The van der Waals surface area contributed by atoms with Gasteiger partial charge >= 0.3 is 0 Å². The molecule has 19 heavy (non-hydrogen) atoms. The predicted octanol–water partition coefficient (Wildman–Crippen LogP) is 1.49. The zero-order valence-electron chi connectivity index (χ0n) is 10.7. The van der Waals surface area contributed by atoms with Crippen LogP contribution in [0.25, 0.3) is 0 Å². The zero-order chi connectivity index (χ0) is 13.5. The third-order valence-corrected chi connectivity index (χ3v) is 4.57. The molecule has 0 unspecified atom stereocenters.